The van der Waals surface area contributed by atoms with Crippen molar-refractivity contribution in [3.8, 4) is 0 Å². The number of benzene rings is 1. The minimum absolute atomic E-state index is 0.0372. The molecule has 104 valence electrons. The Bertz CT molecular complexity index is 454. The Balaban J connectivity index is 2.03. The second-order valence-electron chi connectivity index (χ2n) is 6.25. The summed E-state index contributed by atoms with van der Waals surface area (Å²) in [6, 6.07) is 8.12. The molecule has 1 aliphatic carbocycles. The molecule has 0 aliphatic heterocycles. The minimum atomic E-state index is -0.650. The lowest BCUT2D eigenvalue weighted by molar-refractivity contribution is -0.135. The number of carbonyl (C=O) groups is 1. The molecule has 1 aromatic carbocycles. The zero-order valence-corrected chi connectivity index (χ0v) is 12.2. The van der Waals surface area contributed by atoms with Crippen LogP contribution in [0.4, 0.5) is 5.69 Å². The van der Waals surface area contributed by atoms with Crippen LogP contribution < -0.4 is 4.90 Å². The first-order valence-electron chi connectivity index (χ1n) is 6.90. The van der Waals surface area contributed by atoms with Gasteiger partial charge in [-0.15, -0.1) is 0 Å². The second-order valence-corrected chi connectivity index (χ2v) is 6.25. The first-order valence-corrected chi connectivity index (χ1v) is 6.90. The molecule has 1 amide bonds. The molecule has 0 aromatic heterocycles. The second kappa shape index (κ2) is 4.97. The van der Waals surface area contributed by atoms with Crippen LogP contribution in [0.25, 0.3) is 0 Å². The lowest BCUT2D eigenvalue weighted by Gasteiger charge is -2.41. The fourth-order valence-corrected chi connectivity index (χ4v) is 2.66. The summed E-state index contributed by atoms with van der Waals surface area (Å²) in [5, 5.41) is 9.71. The maximum absolute atomic E-state index is 12.2. The molecule has 0 bridgehead atoms. The van der Waals surface area contributed by atoms with Gasteiger partial charge in [-0.2, -0.15) is 0 Å². The predicted molar refractivity (Wildman–Crippen MR) is 77.3 cm³/mol. The molecule has 0 spiro atoms. The molecule has 3 nitrogen and oxygen atoms in total. The first kappa shape index (κ1) is 14.1. The third kappa shape index (κ3) is 2.98. The lowest BCUT2D eigenvalue weighted by atomic mass is 9.71. The van der Waals surface area contributed by atoms with Crippen LogP contribution in [0.1, 0.15) is 45.1 Å². The maximum atomic E-state index is 12.2. The van der Waals surface area contributed by atoms with Crippen molar-refractivity contribution in [3.05, 3.63) is 29.8 Å². The van der Waals surface area contributed by atoms with E-state index in [9.17, 15) is 9.90 Å². The van der Waals surface area contributed by atoms with E-state index in [4.69, 9.17) is 0 Å². The summed E-state index contributed by atoms with van der Waals surface area (Å²) >= 11 is 0. The van der Waals surface area contributed by atoms with Crippen LogP contribution in [0.15, 0.2) is 24.3 Å². The summed E-state index contributed by atoms with van der Waals surface area (Å²) < 4.78 is 0. The summed E-state index contributed by atoms with van der Waals surface area (Å²) in [5.41, 5.74) is 1.54. The van der Waals surface area contributed by atoms with E-state index < -0.39 is 5.60 Å². The van der Waals surface area contributed by atoms with E-state index >= 15 is 0 Å². The van der Waals surface area contributed by atoms with Crippen molar-refractivity contribution in [2.24, 2.45) is 5.92 Å². The van der Waals surface area contributed by atoms with Gasteiger partial charge in [0, 0.05) is 18.7 Å². The average molecular weight is 261 g/mol. The van der Waals surface area contributed by atoms with E-state index in [2.05, 4.69) is 26.0 Å². The molecule has 0 atom stereocenters. The smallest absolute Gasteiger partial charge is 0.230 e. The Morgan fingerprint density at radius 3 is 2.26 bits per heavy atom. The van der Waals surface area contributed by atoms with Crippen molar-refractivity contribution >= 4 is 11.6 Å². The van der Waals surface area contributed by atoms with Gasteiger partial charge in [0.2, 0.25) is 5.91 Å². The summed E-state index contributed by atoms with van der Waals surface area (Å²) in [5.74, 6) is 0.561. The molecular weight excluding hydrogens is 238 g/mol. The highest BCUT2D eigenvalue weighted by atomic mass is 16.3. The third-order valence-corrected chi connectivity index (χ3v) is 4.00. The van der Waals surface area contributed by atoms with Gasteiger partial charge in [0.1, 0.15) is 0 Å². The molecule has 2 rings (SSSR count). The first-order chi connectivity index (χ1) is 8.80. The zero-order valence-electron chi connectivity index (χ0n) is 12.2. The highest BCUT2D eigenvalue weighted by molar-refractivity contribution is 5.95. The number of hydrogen-bond donors (Lipinski definition) is 1. The van der Waals surface area contributed by atoms with Gasteiger partial charge in [0.05, 0.1) is 5.60 Å². The van der Waals surface area contributed by atoms with Gasteiger partial charge in [0.15, 0.2) is 0 Å². The lowest BCUT2D eigenvalue weighted by Crippen LogP contribution is -2.48. The molecule has 3 heteroatoms. The highest BCUT2D eigenvalue weighted by Gasteiger charge is 2.43. The molecule has 1 aromatic rings. The highest BCUT2D eigenvalue weighted by Crippen LogP contribution is 2.38. The normalized spacial score (nSPS) is 26.1. The van der Waals surface area contributed by atoms with E-state index in [0.717, 1.165) is 5.69 Å². The molecule has 1 aliphatic rings. The Morgan fingerprint density at radius 2 is 1.84 bits per heavy atom. The largest absolute Gasteiger partial charge is 0.390 e. The molecule has 1 N–H and O–H groups in total. The van der Waals surface area contributed by atoms with Crippen LogP contribution in [0.5, 0.6) is 0 Å². The molecule has 0 saturated heterocycles. The molecular formula is C16H23NO2. The summed E-state index contributed by atoms with van der Waals surface area (Å²) in [4.78, 5) is 13.9. The van der Waals surface area contributed by atoms with Crippen LogP contribution in [0.3, 0.4) is 0 Å². The topological polar surface area (TPSA) is 40.5 Å². The van der Waals surface area contributed by atoms with Gasteiger partial charge in [-0.05, 0) is 43.4 Å². The Morgan fingerprint density at radius 1 is 1.32 bits per heavy atom. The van der Waals surface area contributed by atoms with Crippen LogP contribution >= 0.6 is 0 Å². The molecule has 0 unspecified atom stereocenters. The molecule has 0 heterocycles. The number of aliphatic hydroxyl groups is 1. The van der Waals surface area contributed by atoms with Gasteiger partial charge in [-0.3, -0.25) is 4.79 Å². The van der Waals surface area contributed by atoms with Crippen molar-refractivity contribution in [2.45, 2.75) is 45.1 Å². The van der Waals surface area contributed by atoms with Gasteiger partial charge in [-0.1, -0.05) is 26.0 Å². The number of nitrogens with zero attached hydrogens (tertiary/aromatic N) is 1. The van der Waals surface area contributed by atoms with E-state index in [1.54, 1.807) is 18.9 Å². The third-order valence-electron chi connectivity index (χ3n) is 4.00. The van der Waals surface area contributed by atoms with Crippen molar-refractivity contribution in [3.63, 3.8) is 0 Å². The molecule has 1 fully saturated rings. The Kier molecular flexibility index (Phi) is 3.68. The van der Waals surface area contributed by atoms with Gasteiger partial charge in [-0.25, -0.2) is 0 Å². The fraction of sp³-hybridized carbons (Fsp3) is 0.562. The summed E-state index contributed by atoms with van der Waals surface area (Å²) in [6.45, 7) is 6.09. The summed E-state index contributed by atoms with van der Waals surface area (Å²) in [7, 11) is 1.81. The van der Waals surface area contributed by atoms with Crippen molar-refractivity contribution in [1.82, 2.24) is 0 Å². The maximum Gasteiger partial charge on any atom is 0.230 e. The van der Waals surface area contributed by atoms with Crippen molar-refractivity contribution in [2.75, 3.05) is 11.9 Å². The van der Waals surface area contributed by atoms with Crippen molar-refractivity contribution < 1.29 is 9.90 Å². The molecule has 1 saturated carbocycles. The van der Waals surface area contributed by atoms with E-state index in [1.165, 1.54) is 5.56 Å². The van der Waals surface area contributed by atoms with Gasteiger partial charge >= 0.3 is 0 Å². The van der Waals surface area contributed by atoms with E-state index in [0.29, 0.717) is 18.8 Å². The zero-order chi connectivity index (χ0) is 14.2. The monoisotopic (exact) mass is 261 g/mol. The van der Waals surface area contributed by atoms with Crippen LogP contribution in [-0.4, -0.2) is 23.7 Å². The molecule has 19 heavy (non-hydrogen) atoms. The quantitative estimate of drug-likeness (QED) is 0.908. The number of hydrogen-bond acceptors (Lipinski definition) is 2. The van der Waals surface area contributed by atoms with Crippen LogP contribution in [-0.2, 0) is 4.79 Å². The Hall–Kier alpha value is -1.35. The van der Waals surface area contributed by atoms with Gasteiger partial charge in [0.25, 0.3) is 0 Å². The van der Waals surface area contributed by atoms with Crippen molar-refractivity contribution in [1.29, 1.82) is 0 Å². The molecule has 0 radical (unpaired) electrons. The fourth-order valence-electron chi connectivity index (χ4n) is 2.66. The predicted octanol–water partition coefficient (Wildman–Crippen LogP) is 2.93. The number of rotatable bonds is 3. The summed E-state index contributed by atoms with van der Waals surface area (Å²) in [6.07, 6.45) is 1.14. The average Bonchev–Trinajstić information content (AvgIpc) is 2.34. The van der Waals surface area contributed by atoms with Crippen LogP contribution in [0, 0.1) is 5.92 Å². The number of carbonyl (C=O) groups excluding carboxylic acids is 1. The van der Waals surface area contributed by atoms with E-state index in [-0.39, 0.29) is 11.8 Å². The Labute approximate surface area is 115 Å². The van der Waals surface area contributed by atoms with E-state index in [1.807, 2.05) is 12.1 Å². The minimum Gasteiger partial charge on any atom is -0.390 e. The SMILES string of the molecule is CC(C)c1ccc(N(C)C(=O)C2CC(C)(O)C2)cc1. The standard InChI is InChI=1S/C16H23NO2/c1-11(2)12-5-7-14(8-6-12)17(4)15(18)13-9-16(3,19)10-13/h5-8,11,13,19H,9-10H2,1-4H3. The number of anilines is 1. The number of amides is 1. The van der Waals surface area contributed by atoms with Gasteiger partial charge < -0.3 is 10.0 Å². The van der Waals surface area contributed by atoms with Crippen LogP contribution in [0.2, 0.25) is 0 Å².